The number of rotatable bonds is 11. The van der Waals surface area contributed by atoms with Crippen molar-refractivity contribution in [2.45, 2.75) is 6.92 Å². The first-order valence-electron chi connectivity index (χ1n) is 10.9. The second-order valence-electron chi connectivity index (χ2n) is 7.35. The summed E-state index contributed by atoms with van der Waals surface area (Å²) in [5.74, 6) is 0.0805. The van der Waals surface area contributed by atoms with Crippen molar-refractivity contribution in [1.29, 1.82) is 0 Å². The number of nitrogens with one attached hydrogen (secondary N) is 1. The maximum atomic E-state index is 13.0. The summed E-state index contributed by atoms with van der Waals surface area (Å²) in [4.78, 5) is 0. The lowest BCUT2D eigenvalue weighted by molar-refractivity contribution is 0.340. The van der Waals surface area contributed by atoms with E-state index in [1.807, 2.05) is 6.92 Å². The summed E-state index contributed by atoms with van der Waals surface area (Å²) < 4.78 is 31.4. The first-order chi connectivity index (χ1) is 17.0. The molecule has 0 aliphatic rings. The molecule has 35 heavy (non-hydrogen) atoms. The molecule has 0 aromatic heterocycles. The second-order valence-corrected chi connectivity index (χ2v) is 9.99. The summed E-state index contributed by atoms with van der Waals surface area (Å²) in [6.45, 7) is 5.69. The van der Waals surface area contributed by atoms with E-state index in [1.165, 1.54) is 6.08 Å². The van der Waals surface area contributed by atoms with E-state index >= 15 is 0 Å². The molecule has 0 aliphatic heterocycles. The topological polar surface area (TPSA) is 95.9 Å². The Kier molecular flexibility index (Phi) is 9.66. The lowest BCUT2D eigenvalue weighted by atomic mass is 10.0. The molecule has 0 heterocycles. The molecule has 8 heteroatoms. The average Bonchev–Trinajstić information content (AvgIpc) is 2.89. The van der Waals surface area contributed by atoms with Crippen LogP contribution in [-0.2, 0) is 13.7 Å². The van der Waals surface area contributed by atoms with Crippen molar-refractivity contribution in [1.82, 2.24) is 5.09 Å². The maximum absolute atomic E-state index is 13.0. The summed E-state index contributed by atoms with van der Waals surface area (Å²) in [5.41, 5.74) is 2.34. The third-order valence-electron chi connectivity index (χ3n) is 5.08. The molecule has 0 bridgehead atoms. The molecule has 0 fully saturated rings. The third kappa shape index (κ3) is 6.60. The van der Waals surface area contributed by atoms with Gasteiger partial charge < -0.3 is 10.2 Å². The minimum atomic E-state index is -2.21. The Morgan fingerprint density at radius 2 is 1.60 bits per heavy atom. The zero-order valence-electron chi connectivity index (χ0n) is 19.3. The van der Waals surface area contributed by atoms with Crippen LogP contribution < -0.4 is 15.7 Å². The van der Waals surface area contributed by atoms with Crippen LogP contribution in [0.3, 0.4) is 0 Å². The Hall–Kier alpha value is -3.40. The SMILES string of the molecule is C=C/C(O)=C(\C=C/C)c1ccccc1[P+](=O)NCCO[P+](=O)c1ccccc1-c1ccccc1O. The first kappa shape index (κ1) is 26.2. The van der Waals surface area contributed by atoms with Crippen LogP contribution in [0.4, 0.5) is 0 Å². The molecule has 0 saturated carbocycles. The van der Waals surface area contributed by atoms with Gasteiger partial charge in [0.1, 0.15) is 18.1 Å². The van der Waals surface area contributed by atoms with Crippen molar-refractivity contribution in [2.24, 2.45) is 0 Å². The van der Waals surface area contributed by atoms with Gasteiger partial charge in [-0.2, -0.15) is 0 Å². The fourth-order valence-electron chi connectivity index (χ4n) is 3.46. The monoisotopic (exact) mass is 507 g/mol. The van der Waals surface area contributed by atoms with E-state index in [0.29, 0.717) is 32.9 Å². The van der Waals surface area contributed by atoms with Gasteiger partial charge in [0.15, 0.2) is 0 Å². The number of hydrogen-bond acceptors (Lipinski definition) is 5. The number of hydrogen-bond donors (Lipinski definition) is 3. The summed E-state index contributed by atoms with van der Waals surface area (Å²) in [7, 11) is -4.23. The fourth-order valence-corrected chi connectivity index (χ4v) is 5.56. The molecule has 0 saturated heterocycles. The molecule has 6 nitrogen and oxygen atoms in total. The number of aliphatic hydroxyl groups excluding tert-OH is 1. The third-order valence-corrected chi connectivity index (χ3v) is 7.62. The molecule has 0 amide bonds. The van der Waals surface area contributed by atoms with Crippen LogP contribution in [0.2, 0.25) is 0 Å². The van der Waals surface area contributed by atoms with Gasteiger partial charge in [-0.05, 0) is 52.5 Å². The van der Waals surface area contributed by atoms with Gasteiger partial charge >= 0.3 is 16.0 Å². The lowest BCUT2D eigenvalue weighted by Crippen LogP contribution is -2.18. The van der Waals surface area contributed by atoms with Crippen molar-refractivity contribution in [2.75, 3.05) is 13.2 Å². The highest BCUT2D eigenvalue weighted by molar-refractivity contribution is 7.51. The standard InChI is InChI=1S/C27H25NO5P2/c1-3-11-20(24(29)4-2)22-13-6-9-16-26(22)34(31)28-18-19-33-35(32)27-17-10-7-14-23(27)21-12-5-8-15-25(21)30/h3-17H,2,18-19H2,1H3,(H-2,28,29,30,31,32)/p+2/b11-3-. The maximum Gasteiger partial charge on any atom is 0.549 e. The van der Waals surface area contributed by atoms with Gasteiger partial charge in [-0.1, -0.05) is 61.2 Å². The highest BCUT2D eigenvalue weighted by Crippen LogP contribution is 2.33. The minimum absolute atomic E-state index is 0.0117. The van der Waals surface area contributed by atoms with Crippen molar-refractivity contribution >= 4 is 32.2 Å². The number of allylic oxidation sites excluding steroid dienone is 4. The molecule has 2 unspecified atom stereocenters. The summed E-state index contributed by atoms with van der Waals surface area (Å²) in [5, 5.41) is 24.3. The molecule has 178 valence electrons. The molecular weight excluding hydrogens is 480 g/mol. The Bertz CT molecular complexity index is 1300. The molecular formula is C27H27NO5P2+2. The first-order valence-corrected chi connectivity index (χ1v) is 13.4. The van der Waals surface area contributed by atoms with Gasteiger partial charge in [0.2, 0.25) is 10.6 Å². The lowest BCUT2D eigenvalue weighted by Gasteiger charge is -2.05. The van der Waals surface area contributed by atoms with Gasteiger partial charge in [-0.3, -0.25) is 0 Å². The predicted octanol–water partition coefficient (Wildman–Crippen LogP) is 6.13. The van der Waals surface area contributed by atoms with Crippen molar-refractivity contribution in [3.05, 3.63) is 109 Å². The van der Waals surface area contributed by atoms with E-state index < -0.39 is 16.0 Å². The van der Waals surface area contributed by atoms with Crippen LogP contribution in [-0.4, -0.2) is 23.4 Å². The van der Waals surface area contributed by atoms with E-state index in [4.69, 9.17) is 4.52 Å². The smallest absolute Gasteiger partial charge is 0.507 e. The molecule has 2 atom stereocenters. The molecule has 0 aliphatic carbocycles. The summed E-state index contributed by atoms with van der Waals surface area (Å²) in [6, 6.07) is 21.0. The summed E-state index contributed by atoms with van der Waals surface area (Å²) in [6.07, 6.45) is 4.85. The van der Waals surface area contributed by atoms with E-state index in [0.717, 1.165) is 0 Å². The fraction of sp³-hybridized carbons (Fsp3) is 0.111. The van der Waals surface area contributed by atoms with Gasteiger partial charge in [-0.25, -0.2) is 0 Å². The molecule has 0 radical (unpaired) electrons. The number of aromatic hydroxyl groups is 1. The normalized spacial score (nSPS) is 12.8. The minimum Gasteiger partial charge on any atom is -0.507 e. The van der Waals surface area contributed by atoms with Crippen LogP contribution >= 0.6 is 16.0 Å². The van der Waals surface area contributed by atoms with Crippen LogP contribution in [0.25, 0.3) is 16.7 Å². The van der Waals surface area contributed by atoms with Gasteiger partial charge in [0.05, 0.1) is 6.54 Å². The van der Waals surface area contributed by atoms with Gasteiger partial charge in [0.25, 0.3) is 0 Å². The number of phenols is 1. The van der Waals surface area contributed by atoms with Crippen LogP contribution in [0.15, 0.2) is 103 Å². The van der Waals surface area contributed by atoms with Crippen molar-refractivity contribution < 1.29 is 23.9 Å². The zero-order valence-corrected chi connectivity index (χ0v) is 21.1. The molecule has 0 spiro atoms. The highest BCUT2D eigenvalue weighted by Gasteiger charge is 2.29. The van der Waals surface area contributed by atoms with E-state index in [9.17, 15) is 19.3 Å². The van der Waals surface area contributed by atoms with Gasteiger partial charge in [-0.15, -0.1) is 9.61 Å². The van der Waals surface area contributed by atoms with E-state index in [1.54, 1.807) is 84.9 Å². The molecule has 3 rings (SSSR count). The number of phenolic OH excluding ortho intramolecular Hbond substituents is 1. The summed E-state index contributed by atoms with van der Waals surface area (Å²) >= 11 is 0. The van der Waals surface area contributed by atoms with Crippen molar-refractivity contribution in [3.63, 3.8) is 0 Å². The Balaban J connectivity index is 1.68. The predicted molar refractivity (Wildman–Crippen MR) is 143 cm³/mol. The molecule has 3 aromatic carbocycles. The quantitative estimate of drug-likeness (QED) is 0.125. The van der Waals surface area contributed by atoms with E-state index in [2.05, 4.69) is 11.7 Å². The average molecular weight is 507 g/mol. The Morgan fingerprint density at radius 1 is 0.971 bits per heavy atom. The zero-order chi connectivity index (χ0) is 25.2. The largest absolute Gasteiger partial charge is 0.549 e. The van der Waals surface area contributed by atoms with E-state index in [-0.39, 0.29) is 24.7 Å². The Morgan fingerprint density at radius 3 is 2.29 bits per heavy atom. The molecule has 3 aromatic rings. The van der Waals surface area contributed by atoms with Crippen molar-refractivity contribution in [3.8, 4) is 16.9 Å². The van der Waals surface area contributed by atoms with Crippen LogP contribution in [0.1, 0.15) is 12.5 Å². The second kappa shape index (κ2) is 12.9. The Labute approximate surface area is 207 Å². The number of aliphatic hydroxyl groups is 1. The molecule has 3 N–H and O–H groups in total. The van der Waals surface area contributed by atoms with Crippen LogP contribution in [0, 0.1) is 0 Å². The highest BCUT2D eigenvalue weighted by atomic mass is 31.1. The van der Waals surface area contributed by atoms with Gasteiger partial charge in [0, 0.05) is 22.3 Å². The number of benzene rings is 3. The van der Waals surface area contributed by atoms with Crippen LogP contribution in [0.5, 0.6) is 5.75 Å². The number of para-hydroxylation sites is 1.